The molecule has 1 aliphatic rings. The molecule has 23 heavy (non-hydrogen) atoms. The lowest BCUT2D eigenvalue weighted by molar-refractivity contribution is -0.384. The van der Waals surface area contributed by atoms with Gasteiger partial charge in [-0.15, -0.1) is 0 Å². The highest BCUT2D eigenvalue weighted by atomic mass is 35.5. The lowest BCUT2D eigenvalue weighted by Crippen LogP contribution is -2.42. The molecule has 0 spiro atoms. The Hall–Kier alpha value is -1.58. The normalized spacial score (nSPS) is 17.8. The fourth-order valence-corrected chi connectivity index (χ4v) is 2.53. The minimum absolute atomic E-state index is 0.0567. The molecule has 1 saturated heterocycles. The minimum atomic E-state index is -4.79. The van der Waals surface area contributed by atoms with Gasteiger partial charge in [-0.2, -0.15) is 13.2 Å². The number of rotatable bonds is 4. The molecule has 6 nitrogen and oxygen atoms in total. The Morgan fingerprint density at radius 3 is 2.52 bits per heavy atom. The van der Waals surface area contributed by atoms with Crippen LogP contribution >= 0.6 is 11.6 Å². The van der Waals surface area contributed by atoms with Crippen LogP contribution in [0.4, 0.5) is 24.5 Å². The second-order valence-electron chi connectivity index (χ2n) is 5.29. The molecule has 1 fully saturated rings. The molecule has 0 unspecified atom stereocenters. The number of benzene rings is 1. The Morgan fingerprint density at radius 2 is 2.00 bits per heavy atom. The third kappa shape index (κ3) is 4.24. The van der Waals surface area contributed by atoms with Crippen LogP contribution in [0.1, 0.15) is 18.4 Å². The molecule has 0 amide bonds. The van der Waals surface area contributed by atoms with Gasteiger partial charge in [0.2, 0.25) is 0 Å². The van der Waals surface area contributed by atoms with E-state index in [2.05, 4.69) is 5.32 Å². The highest BCUT2D eigenvalue weighted by Crippen LogP contribution is 2.40. The van der Waals surface area contributed by atoms with Crippen molar-refractivity contribution in [2.24, 2.45) is 0 Å². The maximum atomic E-state index is 12.8. The number of aliphatic hydroxyl groups is 1. The van der Waals surface area contributed by atoms with Gasteiger partial charge in [0.05, 0.1) is 21.1 Å². The quantitative estimate of drug-likeness (QED) is 0.640. The van der Waals surface area contributed by atoms with E-state index in [9.17, 15) is 28.4 Å². The summed E-state index contributed by atoms with van der Waals surface area (Å²) in [6, 6.07) is 1.24. The van der Waals surface area contributed by atoms with Crippen molar-refractivity contribution < 1.29 is 27.9 Å². The molecule has 10 heteroatoms. The van der Waals surface area contributed by atoms with E-state index in [1.807, 2.05) is 0 Å². The number of ether oxygens (including phenoxy) is 1. The molecule has 0 aromatic heterocycles. The summed E-state index contributed by atoms with van der Waals surface area (Å²) in [5.41, 5.74) is -3.34. The Bertz CT molecular complexity index is 604. The van der Waals surface area contributed by atoms with Crippen LogP contribution in [0.2, 0.25) is 5.02 Å². The van der Waals surface area contributed by atoms with Crippen LogP contribution in [0.25, 0.3) is 0 Å². The third-order valence-electron chi connectivity index (χ3n) is 3.62. The molecule has 1 aromatic rings. The van der Waals surface area contributed by atoms with Crippen molar-refractivity contribution in [3.63, 3.8) is 0 Å². The van der Waals surface area contributed by atoms with E-state index in [1.165, 1.54) is 0 Å². The number of nitro benzene ring substituents is 1. The van der Waals surface area contributed by atoms with Gasteiger partial charge in [0, 0.05) is 38.7 Å². The number of hydrogen-bond donors (Lipinski definition) is 2. The number of nitrogens with zero attached hydrogens (tertiary/aromatic N) is 1. The predicted octanol–water partition coefficient (Wildman–Crippen LogP) is 3.22. The number of hydrogen-bond acceptors (Lipinski definition) is 5. The van der Waals surface area contributed by atoms with Gasteiger partial charge in [0.15, 0.2) is 0 Å². The zero-order valence-corrected chi connectivity index (χ0v) is 12.6. The molecular formula is C13H14ClF3N2O4. The van der Waals surface area contributed by atoms with E-state index in [1.54, 1.807) is 0 Å². The lowest BCUT2D eigenvalue weighted by atomic mass is 9.94. The van der Waals surface area contributed by atoms with Crippen molar-refractivity contribution in [3.05, 3.63) is 32.8 Å². The minimum Gasteiger partial charge on any atom is -0.388 e. The molecule has 1 heterocycles. The fraction of sp³-hybridized carbons (Fsp3) is 0.538. The van der Waals surface area contributed by atoms with Gasteiger partial charge in [-0.05, 0) is 6.07 Å². The van der Waals surface area contributed by atoms with Crippen LogP contribution in [-0.2, 0) is 10.9 Å². The SMILES string of the molecule is O=[N+]([O-])c1cc(C(F)(F)F)c(Cl)cc1NCC1(O)CCOCC1. The van der Waals surface area contributed by atoms with Crippen molar-refractivity contribution in [1.29, 1.82) is 0 Å². The van der Waals surface area contributed by atoms with Gasteiger partial charge >= 0.3 is 6.18 Å². The molecule has 0 aliphatic carbocycles. The summed E-state index contributed by atoms with van der Waals surface area (Å²) in [7, 11) is 0. The Balaban J connectivity index is 2.27. The second-order valence-corrected chi connectivity index (χ2v) is 5.70. The number of alkyl halides is 3. The second kappa shape index (κ2) is 6.50. The van der Waals surface area contributed by atoms with Crippen molar-refractivity contribution >= 4 is 23.0 Å². The van der Waals surface area contributed by atoms with Crippen LogP contribution in [0.5, 0.6) is 0 Å². The number of halogens is 4. The largest absolute Gasteiger partial charge is 0.418 e. The van der Waals surface area contributed by atoms with Crippen LogP contribution in [0, 0.1) is 10.1 Å². The van der Waals surface area contributed by atoms with Gasteiger partial charge in [0.1, 0.15) is 5.69 Å². The summed E-state index contributed by atoms with van der Waals surface area (Å²) in [5.74, 6) is 0. The van der Waals surface area contributed by atoms with Crippen LogP contribution in [0.15, 0.2) is 12.1 Å². The Morgan fingerprint density at radius 1 is 1.39 bits per heavy atom. The van der Waals surface area contributed by atoms with Crippen LogP contribution < -0.4 is 5.32 Å². The summed E-state index contributed by atoms with van der Waals surface area (Å²) >= 11 is 5.58. The standard InChI is InChI=1S/C13H14ClF3N2O4/c14-9-6-10(18-7-12(20)1-3-23-4-2-12)11(19(21)22)5-8(9)13(15,16)17/h5-6,18,20H,1-4,7H2. The third-order valence-corrected chi connectivity index (χ3v) is 3.93. The van der Waals surface area contributed by atoms with Gasteiger partial charge in [0.25, 0.3) is 5.69 Å². The van der Waals surface area contributed by atoms with Crippen molar-refractivity contribution in [2.75, 3.05) is 25.1 Å². The molecule has 0 saturated carbocycles. The average molecular weight is 355 g/mol. The molecule has 0 bridgehead atoms. The van der Waals surface area contributed by atoms with E-state index in [0.29, 0.717) is 32.1 Å². The lowest BCUT2D eigenvalue weighted by Gasteiger charge is -2.32. The van der Waals surface area contributed by atoms with E-state index >= 15 is 0 Å². The summed E-state index contributed by atoms with van der Waals surface area (Å²) in [4.78, 5) is 10.1. The van der Waals surface area contributed by atoms with Gasteiger partial charge in [-0.25, -0.2) is 0 Å². The van der Waals surface area contributed by atoms with Crippen LogP contribution in [-0.4, -0.2) is 35.4 Å². The first-order valence-corrected chi connectivity index (χ1v) is 7.09. The molecular weight excluding hydrogens is 341 g/mol. The molecule has 1 aromatic carbocycles. The van der Waals surface area contributed by atoms with Crippen molar-refractivity contribution in [1.82, 2.24) is 0 Å². The monoisotopic (exact) mass is 354 g/mol. The molecule has 1 aliphatic heterocycles. The zero-order valence-electron chi connectivity index (χ0n) is 11.8. The van der Waals surface area contributed by atoms with E-state index in [-0.39, 0.29) is 12.2 Å². The maximum Gasteiger partial charge on any atom is 0.418 e. The van der Waals surface area contributed by atoms with Gasteiger partial charge < -0.3 is 15.2 Å². The summed E-state index contributed by atoms with van der Waals surface area (Å²) in [5, 5.41) is 23.3. The molecule has 2 rings (SSSR count). The number of nitrogens with one attached hydrogen (secondary N) is 1. The zero-order chi connectivity index (χ0) is 17.3. The van der Waals surface area contributed by atoms with Crippen molar-refractivity contribution in [2.45, 2.75) is 24.6 Å². The summed E-state index contributed by atoms with van der Waals surface area (Å²) in [6.45, 7) is 0.626. The Kier molecular flexibility index (Phi) is 5.02. The van der Waals surface area contributed by atoms with Crippen LogP contribution in [0.3, 0.4) is 0 Å². The molecule has 128 valence electrons. The van der Waals surface area contributed by atoms with E-state index in [0.717, 1.165) is 6.07 Å². The summed E-state index contributed by atoms with van der Waals surface area (Å²) in [6.07, 6.45) is -4.15. The van der Waals surface area contributed by atoms with E-state index < -0.39 is 33.0 Å². The first-order valence-electron chi connectivity index (χ1n) is 6.71. The van der Waals surface area contributed by atoms with E-state index in [4.69, 9.17) is 16.3 Å². The molecule has 0 atom stereocenters. The first kappa shape index (κ1) is 17.8. The van der Waals surface area contributed by atoms with Gasteiger partial charge in [-0.1, -0.05) is 11.6 Å². The highest BCUT2D eigenvalue weighted by molar-refractivity contribution is 6.31. The Labute approximate surface area is 134 Å². The first-order chi connectivity index (χ1) is 10.6. The smallest absolute Gasteiger partial charge is 0.388 e. The number of anilines is 1. The fourth-order valence-electron chi connectivity index (χ4n) is 2.26. The van der Waals surface area contributed by atoms with Gasteiger partial charge in [-0.3, -0.25) is 10.1 Å². The molecule has 0 radical (unpaired) electrons. The topological polar surface area (TPSA) is 84.6 Å². The predicted molar refractivity (Wildman–Crippen MR) is 76.6 cm³/mol. The number of nitro groups is 1. The maximum absolute atomic E-state index is 12.8. The highest BCUT2D eigenvalue weighted by Gasteiger charge is 2.36. The summed E-state index contributed by atoms with van der Waals surface area (Å²) < 4.78 is 43.4. The van der Waals surface area contributed by atoms with Crippen molar-refractivity contribution in [3.8, 4) is 0 Å². The molecule has 2 N–H and O–H groups in total. The average Bonchev–Trinajstić information content (AvgIpc) is 2.44.